The van der Waals surface area contributed by atoms with Gasteiger partial charge in [0, 0.05) is 21.3 Å². The number of benzene rings is 2. The van der Waals surface area contributed by atoms with Crippen LogP contribution in [-0.2, 0) is 11.4 Å². The van der Waals surface area contributed by atoms with Crippen molar-refractivity contribution in [3.8, 4) is 11.5 Å². The molecule has 35 heavy (non-hydrogen) atoms. The zero-order valence-corrected chi connectivity index (χ0v) is 23.0. The van der Waals surface area contributed by atoms with Crippen LogP contribution in [0.3, 0.4) is 0 Å². The highest BCUT2D eigenvalue weighted by Gasteiger charge is 2.34. The summed E-state index contributed by atoms with van der Waals surface area (Å²) in [5.74, 6) is 1.73. The van der Waals surface area contributed by atoms with E-state index in [9.17, 15) is 4.79 Å². The quantitative estimate of drug-likeness (QED) is 0.315. The highest BCUT2D eigenvalue weighted by molar-refractivity contribution is 9.10. The van der Waals surface area contributed by atoms with Gasteiger partial charge in [0.05, 0.1) is 17.2 Å². The van der Waals surface area contributed by atoms with E-state index < -0.39 is 11.9 Å². The molecule has 12 heteroatoms. The van der Waals surface area contributed by atoms with Gasteiger partial charge in [-0.15, -0.1) is 5.10 Å². The van der Waals surface area contributed by atoms with E-state index in [1.807, 2.05) is 13.0 Å². The Morgan fingerprint density at radius 3 is 2.74 bits per heavy atom. The van der Waals surface area contributed by atoms with Crippen molar-refractivity contribution >= 4 is 62.7 Å². The molecule has 4 rings (SSSR count). The Hall–Kier alpha value is -2.40. The molecule has 0 spiro atoms. The van der Waals surface area contributed by atoms with E-state index in [4.69, 9.17) is 38.4 Å². The Kier molecular flexibility index (Phi) is 7.85. The molecule has 0 saturated carbocycles. The average molecular weight is 599 g/mol. The molecule has 1 aromatic heterocycles. The second-order valence-electron chi connectivity index (χ2n) is 7.58. The number of hydrogen-bond donors (Lipinski definition) is 2. The van der Waals surface area contributed by atoms with E-state index in [1.165, 1.54) is 11.8 Å². The molecule has 0 aliphatic carbocycles. The van der Waals surface area contributed by atoms with Crippen molar-refractivity contribution in [3.05, 3.63) is 67.2 Å². The van der Waals surface area contributed by atoms with Gasteiger partial charge in [-0.25, -0.2) is 4.68 Å². The number of fused-ring (bicyclic) bond motifs is 1. The topological polar surface area (TPSA) is 104 Å². The van der Waals surface area contributed by atoms with Gasteiger partial charge >= 0.3 is 0 Å². The second-order valence-corrected chi connectivity index (χ2v) is 10.5. The lowest BCUT2D eigenvalue weighted by molar-refractivity contribution is -0.115. The molecule has 0 radical (unpaired) electrons. The van der Waals surface area contributed by atoms with Crippen LogP contribution in [-0.4, -0.2) is 33.5 Å². The Morgan fingerprint density at radius 2 is 2.09 bits per heavy atom. The van der Waals surface area contributed by atoms with Crippen molar-refractivity contribution in [1.82, 2.24) is 14.8 Å². The summed E-state index contributed by atoms with van der Waals surface area (Å²) < 4.78 is 14.0. The van der Waals surface area contributed by atoms with E-state index in [0.29, 0.717) is 48.4 Å². The SMILES string of the molecule is CCSc1nc2n(n1)C(c1cc(Br)c(OCc3ccc(Cl)cc3Cl)c(OC)c1)C(C(N)=O)=C(C)N2. The molecule has 3 aromatic rings. The number of nitrogens with two attached hydrogens (primary N) is 1. The maximum Gasteiger partial charge on any atom is 0.248 e. The Balaban J connectivity index is 1.75. The fraction of sp³-hybridized carbons (Fsp3) is 0.261. The summed E-state index contributed by atoms with van der Waals surface area (Å²) in [7, 11) is 1.54. The van der Waals surface area contributed by atoms with Crippen LogP contribution >= 0.6 is 50.9 Å². The molecule has 8 nitrogen and oxygen atoms in total. The first-order chi connectivity index (χ1) is 16.7. The van der Waals surface area contributed by atoms with Crippen LogP contribution in [0.25, 0.3) is 0 Å². The van der Waals surface area contributed by atoms with Crippen LogP contribution in [0.2, 0.25) is 10.0 Å². The molecular weight excluding hydrogens is 577 g/mol. The lowest BCUT2D eigenvalue weighted by Crippen LogP contribution is -2.31. The molecule has 1 aliphatic heterocycles. The van der Waals surface area contributed by atoms with Crippen molar-refractivity contribution in [2.24, 2.45) is 5.73 Å². The fourth-order valence-electron chi connectivity index (χ4n) is 3.78. The lowest BCUT2D eigenvalue weighted by atomic mass is 9.95. The number of methoxy groups -OCH3 is 1. The number of thioether (sulfide) groups is 1. The van der Waals surface area contributed by atoms with Crippen molar-refractivity contribution < 1.29 is 14.3 Å². The molecule has 1 amide bonds. The van der Waals surface area contributed by atoms with Gasteiger partial charge in [-0.05, 0) is 58.4 Å². The van der Waals surface area contributed by atoms with E-state index in [1.54, 1.807) is 43.0 Å². The van der Waals surface area contributed by atoms with Crippen molar-refractivity contribution in [3.63, 3.8) is 0 Å². The summed E-state index contributed by atoms with van der Waals surface area (Å²) in [6.07, 6.45) is 0. The summed E-state index contributed by atoms with van der Waals surface area (Å²) in [4.78, 5) is 17.0. The van der Waals surface area contributed by atoms with E-state index >= 15 is 0 Å². The first-order valence-electron chi connectivity index (χ1n) is 10.5. The highest BCUT2D eigenvalue weighted by atomic mass is 79.9. The maximum absolute atomic E-state index is 12.5. The van der Waals surface area contributed by atoms with Gasteiger partial charge in [0.15, 0.2) is 11.5 Å². The molecule has 1 aliphatic rings. The van der Waals surface area contributed by atoms with Gasteiger partial charge in [-0.1, -0.05) is 48.0 Å². The third-order valence-electron chi connectivity index (χ3n) is 5.33. The third-order valence-corrected chi connectivity index (χ3v) is 7.22. The van der Waals surface area contributed by atoms with Crippen molar-refractivity contribution in [1.29, 1.82) is 0 Å². The predicted molar refractivity (Wildman–Crippen MR) is 142 cm³/mol. The number of halogens is 3. The summed E-state index contributed by atoms with van der Waals surface area (Å²) >= 11 is 17.4. The minimum absolute atomic E-state index is 0.202. The molecule has 3 N–H and O–H groups in total. The summed E-state index contributed by atoms with van der Waals surface area (Å²) in [5.41, 5.74) is 8.28. The van der Waals surface area contributed by atoms with E-state index in [0.717, 1.165) is 16.9 Å². The number of aromatic nitrogens is 3. The minimum Gasteiger partial charge on any atom is -0.493 e. The number of primary amides is 1. The molecule has 0 fully saturated rings. The van der Waals surface area contributed by atoms with Crippen LogP contribution in [0.1, 0.15) is 31.0 Å². The number of carbonyl (C=O) groups excluding carboxylic acids is 1. The third kappa shape index (κ3) is 5.25. The van der Waals surface area contributed by atoms with Crippen molar-refractivity contribution in [2.75, 3.05) is 18.2 Å². The Labute approximate surface area is 225 Å². The minimum atomic E-state index is -0.604. The first kappa shape index (κ1) is 25.7. The van der Waals surface area contributed by atoms with Crippen LogP contribution in [0, 0.1) is 0 Å². The highest BCUT2D eigenvalue weighted by Crippen LogP contribution is 2.43. The number of anilines is 1. The van der Waals surface area contributed by atoms with Gasteiger partial charge < -0.3 is 20.5 Å². The van der Waals surface area contributed by atoms with Crippen LogP contribution in [0.4, 0.5) is 5.95 Å². The van der Waals surface area contributed by atoms with E-state index in [-0.39, 0.29) is 6.61 Å². The maximum atomic E-state index is 12.5. The predicted octanol–water partition coefficient (Wildman–Crippen LogP) is 5.82. The van der Waals surface area contributed by atoms with Gasteiger partial charge in [-0.2, -0.15) is 4.98 Å². The number of allylic oxidation sites excluding steroid dienone is 1. The number of amides is 1. The summed E-state index contributed by atoms with van der Waals surface area (Å²) in [6.45, 7) is 4.01. The van der Waals surface area contributed by atoms with Crippen LogP contribution < -0.4 is 20.5 Å². The molecule has 1 unspecified atom stereocenters. The number of nitrogens with one attached hydrogen (secondary N) is 1. The zero-order chi connectivity index (χ0) is 25.3. The molecule has 184 valence electrons. The molecule has 2 heterocycles. The fourth-order valence-corrected chi connectivity index (χ4v) is 5.37. The average Bonchev–Trinajstić information content (AvgIpc) is 3.19. The monoisotopic (exact) mass is 597 g/mol. The molecule has 0 bridgehead atoms. The summed E-state index contributed by atoms with van der Waals surface area (Å²) in [6, 6.07) is 8.26. The van der Waals surface area contributed by atoms with Gasteiger partial charge in [0.1, 0.15) is 12.6 Å². The van der Waals surface area contributed by atoms with Crippen LogP contribution in [0.15, 0.2) is 51.2 Å². The van der Waals surface area contributed by atoms with Gasteiger partial charge in [0.25, 0.3) is 0 Å². The van der Waals surface area contributed by atoms with E-state index in [2.05, 4.69) is 31.3 Å². The number of ether oxygens (including phenoxy) is 2. The Morgan fingerprint density at radius 1 is 1.31 bits per heavy atom. The number of hydrogen-bond acceptors (Lipinski definition) is 7. The van der Waals surface area contributed by atoms with Crippen molar-refractivity contribution in [2.45, 2.75) is 31.7 Å². The number of nitrogens with zero attached hydrogens (tertiary/aromatic N) is 3. The first-order valence-corrected chi connectivity index (χ1v) is 13.1. The second kappa shape index (κ2) is 10.7. The standard InChI is InChI=1S/C23H22BrCl2N5O3S/c1-4-35-23-29-22-28-11(2)18(21(27)32)19(31(22)30-23)13-7-15(24)20(17(8-13)33-3)34-10-12-5-6-14(25)9-16(12)26/h5-9,19H,4,10H2,1-3H3,(H2,27,32)(H,28,29,30). The molecule has 2 aromatic carbocycles. The molecule has 1 atom stereocenters. The normalized spacial score (nSPS) is 15.0. The summed E-state index contributed by atoms with van der Waals surface area (Å²) in [5, 5.41) is 9.41. The lowest BCUT2D eigenvalue weighted by Gasteiger charge is -2.28. The van der Waals surface area contributed by atoms with Crippen LogP contribution in [0.5, 0.6) is 11.5 Å². The zero-order valence-electron chi connectivity index (χ0n) is 19.1. The molecule has 0 saturated heterocycles. The molecular formula is C23H22BrCl2N5O3S. The smallest absolute Gasteiger partial charge is 0.248 e. The van der Waals surface area contributed by atoms with Gasteiger partial charge in [-0.3, -0.25) is 4.79 Å². The number of carbonyl (C=O) groups is 1. The Bertz CT molecular complexity index is 1330. The largest absolute Gasteiger partial charge is 0.493 e. The van der Waals surface area contributed by atoms with Gasteiger partial charge in [0.2, 0.25) is 17.0 Å². The number of rotatable bonds is 8.